The Kier molecular flexibility index (Phi) is 41.8. The van der Waals surface area contributed by atoms with Crippen LogP contribution in [0.5, 0.6) is 0 Å². The molecule has 74 heavy (non-hydrogen) atoms. The molecule has 0 aliphatic heterocycles. The molecular formula is C49H94N12O12S. The Labute approximate surface area is 445 Å². The number of amides is 6. The highest BCUT2D eigenvalue weighted by atomic mass is 32.2. The molecule has 0 aromatic heterocycles. The third-order valence-electron chi connectivity index (χ3n) is 9.03. The van der Waals surface area contributed by atoms with Gasteiger partial charge in [0.05, 0.1) is 51.6 Å². The number of carbonyl (C=O) groups excluding carboxylic acids is 9. The number of methoxy groups -OCH3 is 3. The van der Waals surface area contributed by atoms with Gasteiger partial charge in [0.15, 0.2) is 0 Å². The number of esters is 3. The average molecular weight is 1080 g/mol. The van der Waals surface area contributed by atoms with Gasteiger partial charge in [0, 0.05) is 48.4 Å². The maximum absolute atomic E-state index is 12.2. The Balaban J connectivity index is -0.000000488. The van der Waals surface area contributed by atoms with Crippen molar-refractivity contribution in [2.24, 2.45) is 0 Å². The molecule has 6 atom stereocenters. The van der Waals surface area contributed by atoms with Gasteiger partial charge in [-0.25, -0.2) is 0 Å². The lowest BCUT2D eigenvalue weighted by atomic mass is 10.1. The minimum absolute atomic E-state index is 0.0616. The zero-order valence-electron chi connectivity index (χ0n) is 47.3. The van der Waals surface area contributed by atoms with Gasteiger partial charge in [0.25, 0.3) is 0 Å². The van der Waals surface area contributed by atoms with Gasteiger partial charge in [-0.15, -0.1) is 11.8 Å². The van der Waals surface area contributed by atoms with E-state index < -0.39 is 48.1 Å². The summed E-state index contributed by atoms with van der Waals surface area (Å²) in [7, 11) is 8.74. The van der Waals surface area contributed by atoms with Crippen LogP contribution in [0.3, 0.4) is 0 Å². The molecule has 0 spiro atoms. The summed E-state index contributed by atoms with van der Waals surface area (Å²) in [6.07, 6.45) is 4.57. The van der Waals surface area contributed by atoms with E-state index in [1.165, 1.54) is 51.7 Å². The van der Waals surface area contributed by atoms with Gasteiger partial charge >= 0.3 is 17.9 Å². The summed E-state index contributed by atoms with van der Waals surface area (Å²) in [5.41, 5.74) is -1.14. The first kappa shape index (κ1) is 74.6. The smallest absolute Gasteiger partial charge is 0.315 e. The highest BCUT2D eigenvalue weighted by molar-refractivity contribution is 8.00. The molecule has 428 valence electrons. The summed E-state index contributed by atoms with van der Waals surface area (Å²) in [4.78, 5) is 107. The Morgan fingerprint density at radius 2 is 0.770 bits per heavy atom. The number of likely N-dealkylation sites (N-methyl/N-ethyl adjacent to an activating group) is 3. The average Bonchev–Trinajstić information content (AvgIpc) is 3.32. The van der Waals surface area contributed by atoms with Crippen LogP contribution in [0.15, 0.2) is 38.3 Å². The second kappa shape index (κ2) is 41.4. The summed E-state index contributed by atoms with van der Waals surface area (Å²) < 4.78 is 13.7. The van der Waals surface area contributed by atoms with Crippen molar-refractivity contribution in [1.82, 2.24) is 63.8 Å². The predicted molar refractivity (Wildman–Crippen MR) is 291 cm³/mol. The van der Waals surface area contributed by atoms with Crippen LogP contribution in [0, 0.1) is 0 Å². The second-order valence-corrected chi connectivity index (χ2v) is 19.8. The van der Waals surface area contributed by atoms with Gasteiger partial charge in [0.1, 0.15) is 18.1 Å². The normalized spacial score (nSPS) is 13.1. The Hall–Kier alpha value is -5.92. The van der Waals surface area contributed by atoms with Crippen LogP contribution in [0.1, 0.15) is 95.4 Å². The fourth-order valence-corrected chi connectivity index (χ4v) is 6.37. The topological polar surface area (TPSA) is 326 Å². The summed E-state index contributed by atoms with van der Waals surface area (Å²) in [6, 6.07) is -3.67. The monoisotopic (exact) mass is 1070 g/mol. The molecule has 0 aromatic carbocycles. The molecule has 24 nitrogen and oxygen atoms in total. The largest absolute Gasteiger partial charge is 0.469 e. The van der Waals surface area contributed by atoms with Crippen LogP contribution in [0.25, 0.3) is 0 Å². The fraction of sp³-hybridized carbons (Fsp3) is 0.694. The molecule has 0 heterocycles. The van der Waals surface area contributed by atoms with E-state index in [0.29, 0.717) is 12.2 Å². The number of thioether (sulfide) groups is 1. The van der Waals surface area contributed by atoms with Crippen LogP contribution in [0.2, 0.25) is 0 Å². The Morgan fingerprint density at radius 3 is 1.05 bits per heavy atom. The number of hydrogen-bond donors (Lipinski definition) is 12. The standard InChI is InChI=1S/C16H30N4O4S.C16H30N4O4.C15H28N4O4.C2H6/c1-7-18-11(15(23)20-16(2,3)4)8-19-14(22)12(17-5)9-25-10-13(21)24-6;1-7-18-12(15(23)20-16(2,3)4)10-19-14(22)11(17-5)8-9-13(21)24-6;1-7-17-11(14(22)19-15(2,3)4)9-18-13(21)10(16-5)8-12(20)23-6;1-2/h7,11-12,17-18H,1,8-10H2,2-6H3,(H,19,22)(H,20,23);7,11-12,17-18H,1,8-10H2,2-6H3,(H,19,22)(H,20,23);7,10-11,16-17H,1,8-9H2,2-6H3,(H,18,21)(H,19,22);1-2H3/t2*11-,12-;10-,11-;/m000./s1. The van der Waals surface area contributed by atoms with Gasteiger partial charge in [-0.05, 0) is 108 Å². The van der Waals surface area contributed by atoms with E-state index in [2.05, 4.69) is 97.7 Å². The molecular weight excluding hydrogens is 981 g/mol. The SMILES string of the molecule is C=CN[C@@H](CNC(=O)[C@H](CC(=O)OC)NC)C(=O)NC(C)(C)C.C=CN[C@@H](CNC(=O)[C@H](CCC(=O)OC)NC)C(=O)NC(C)(C)C.C=CN[C@@H](CNC(=O)[C@H](CSCC(=O)OC)NC)C(=O)NC(C)(C)C.CC. The molecule has 0 aliphatic carbocycles. The van der Waals surface area contributed by atoms with Gasteiger partial charge in [-0.2, -0.15) is 0 Å². The zero-order valence-corrected chi connectivity index (χ0v) is 48.1. The lowest BCUT2D eigenvalue weighted by molar-refractivity contribution is -0.143. The van der Waals surface area contributed by atoms with Crippen molar-refractivity contribution >= 4 is 65.1 Å². The molecule has 0 fully saturated rings. The minimum Gasteiger partial charge on any atom is -0.469 e. The summed E-state index contributed by atoms with van der Waals surface area (Å²) in [6.45, 7) is 31.8. The number of carbonyl (C=O) groups is 9. The van der Waals surface area contributed by atoms with E-state index >= 15 is 0 Å². The number of ether oxygens (including phenoxy) is 3. The van der Waals surface area contributed by atoms with Crippen LogP contribution < -0.4 is 63.8 Å². The van der Waals surface area contributed by atoms with Crippen LogP contribution >= 0.6 is 11.8 Å². The molecule has 0 aromatic rings. The van der Waals surface area contributed by atoms with E-state index in [9.17, 15) is 43.2 Å². The molecule has 0 unspecified atom stereocenters. The van der Waals surface area contributed by atoms with Crippen molar-refractivity contribution in [3.63, 3.8) is 0 Å². The molecule has 0 radical (unpaired) electrons. The molecule has 25 heteroatoms. The van der Waals surface area contributed by atoms with E-state index in [1.807, 2.05) is 76.2 Å². The molecule has 0 rings (SSSR count). The van der Waals surface area contributed by atoms with Crippen LogP contribution in [0.4, 0.5) is 0 Å². The van der Waals surface area contributed by atoms with E-state index in [4.69, 9.17) is 0 Å². The lowest BCUT2D eigenvalue weighted by Gasteiger charge is -2.25. The van der Waals surface area contributed by atoms with Crippen molar-refractivity contribution < 1.29 is 57.4 Å². The third-order valence-corrected chi connectivity index (χ3v) is 10.0. The molecule has 0 saturated heterocycles. The molecule has 6 amide bonds. The van der Waals surface area contributed by atoms with Gasteiger partial charge in [-0.3, -0.25) is 43.2 Å². The van der Waals surface area contributed by atoms with Crippen LogP contribution in [-0.4, -0.2) is 180 Å². The first-order chi connectivity index (χ1) is 34.4. The van der Waals surface area contributed by atoms with E-state index in [-0.39, 0.29) is 96.3 Å². The first-order valence-electron chi connectivity index (χ1n) is 24.1. The van der Waals surface area contributed by atoms with E-state index in [0.717, 1.165) is 0 Å². The van der Waals surface area contributed by atoms with Gasteiger partial charge in [0.2, 0.25) is 35.4 Å². The maximum atomic E-state index is 12.2. The molecule has 12 N–H and O–H groups in total. The van der Waals surface area contributed by atoms with Crippen molar-refractivity contribution in [3.05, 3.63) is 38.3 Å². The number of nitrogens with one attached hydrogen (secondary N) is 12. The zero-order chi connectivity index (χ0) is 58.3. The van der Waals surface area contributed by atoms with Crippen molar-refractivity contribution in [2.75, 3.05) is 73.6 Å². The molecule has 0 bridgehead atoms. The highest BCUT2D eigenvalue weighted by Crippen LogP contribution is 2.06. The Morgan fingerprint density at radius 1 is 0.459 bits per heavy atom. The number of hydrogen-bond acceptors (Lipinski definition) is 19. The number of rotatable bonds is 30. The fourth-order valence-electron chi connectivity index (χ4n) is 5.41. The predicted octanol–water partition coefficient (Wildman–Crippen LogP) is -0.430. The summed E-state index contributed by atoms with van der Waals surface area (Å²) in [5, 5.41) is 33.5. The van der Waals surface area contributed by atoms with Crippen molar-refractivity contribution in [1.29, 1.82) is 0 Å². The molecule has 0 saturated carbocycles. The molecule has 0 aliphatic rings. The maximum Gasteiger partial charge on any atom is 0.315 e. The third kappa shape index (κ3) is 39.6. The lowest BCUT2D eigenvalue weighted by Crippen LogP contribution is -2.55. The quantitative estimate of drug-likeness (QED) is 0.0321. The van der Waals surface area contributed by atoms with Crippen molar-refractivity contribution in [3.8, 4) is 0 Å². The minimum atomic E-state index is -0.725. The van der Waals surface area contributed by atoms with Gasteiger partial charge in [-0.1, -0.05) is 33.6 Å². The second-order valence-electron chi connectivity index (χ2n) is 18.7. The van der Waals surface area contributed by atoms with Gasteiger partial charge < -0.3 is 78.0 Å². The first-order valence-corrected chi connectivity index (χ1v) is 25.3. The summed E-state index contributed by atoms with van der Waals surface area (Å²) >= 11 is 1.30. The van der Waals surface area contributed by atoms with Crippen LogP contribution in [-0.2, 0) is 57.4 Å². The van der Waals surface area contributed by atoms with Crippen molar-refractivity contribution in [2.45, 2.75) is 148 Å². The highest BCUT2D eigenvalue weighted by Gasteiger charge is 2.28. The van der Waals surface area contributed by atoms with E-state index in [1.54, 1.807) is 21.1 Å². The Bertz CT molecular complexity index is 1740. The summed E-state index contributed by atoms with van der Waals surface area (Å²) in [5.74, 6) is -2.28.